The summed E-state index contributed by atoms with van der Waals surface area (Å²) in [6.45, 7) is 3.75. The number of halogens is 1. The summed E-state index contributed by atoms with van der Waals surface area (Å²) in [5.41, 5.74) is 6.19. The number of esters is 1. The minimum atomic E-state index is -0.761. The number of methoxy groups -OCH3 is 1. The molecule has 1 aromatic rings. The Hall–Kier alpha value is -0.840. The van der Waals surface area contributed by atoms with Gasteiger partial charge in [0.05, 0.1) is 7.11 Å². The van der Waals surface area contributed by atoms with Gasteiger partial charge in [0.25, 0.3) is 0 Å². The van der Waals surface area contributed by atoms with Crippen molar-refractivity contribution >= 4 is 35.3 Å². The van der Waals surface area contributed by atoms with Crippen LogP contribution in [0.15, 0.2) is 24.1 Å². The van der Waals surface area contributed by atoms with E-state index in [0.29, 0.717) is 5.57 Å². The Balaban J connectivity index is 0.00000169. The number of carbonyl (C=O) groups excluding carboxylic acids is 1. The number of rotatable bonds is 3. The van der Waals surface area contributed by atoms with E-state index in [2.05, 4.69) is 11.3 Å². The van der Waals surface area contributed by atoms with Gasteiger partial charge in [-0.3, -0.25) is 4.79 Å². The second-order valence-corrected chi connectivity index (χ2v) is 3.45. The van der Waals surface area contributed by atoms with Crippen LogP contribution in [0.3, 0.4) is 0 Å². The molecule has 78 valence electrons. The summed E-state index contributed by atoms with van der Waals surface area (Å²) in [7, 11) is 1.31. The van der Waals surface area contributed by atoms with Crippen molar-refractivity contribution in [3.05, 3.63) is 29.0 Å². The third kappa shape index (κ3) is 2.83. The first-order chi connectivity index (χ1) is 6.16. The van der Waals surface area contributed by atoms with Gasteiger partial charge in [-0.15, -0.1) is 23.7 Å². The lowest BCUT2D eigenvalue weighted by molar-refractivity contribution is -0.140. The van der Waals surface area contributed by atoms with Gasteiger partial charge in [0.1, 0.15) is 6.04 Å². The highest BCUT2D eigenvalue weighted by Gasteiger charge is 2.18. The highest BCUT2D eigenvalue weighted by atomic mass is 35.5. The van der Waals surface area contributed by atoms with E-state index in [9.17, 15) is 4.79 Å². The number of carbonyl (C=O) groups is 1. The van der Waals surface area contributed by atoms with Crippen molar-refractivity contribution in [2.45, 2.75) is 6.04 Å². The van der Waals surface area contributed by atoms with Crippen LogP contribution in [-0.2, 0) is 9.53 Å². The second-order valence-electron chi connectivity index (χ2n) is 2.50. The highest BCUT2D eigenvalue weighted by Crippen LogP contribution is 2.20. The Labute approximate surface area is 93.0 Å². The van der Waals surface area contributed by atoms with Crippen LogP contribution < -0.4 is 5.73 Å². The summed E-state index contributed by atoms with van der Waals surface area (Å²) in [5.74, 6) is -0.460. The molecule has 5 heteroatoms. The van der Waals surface area contributed by atoms with Crippen molar-refractivity contribution in [2.75, 3.05) is 7.11 Å². The van der Waals surface area contributed by atoms with E-state index in [4.69, 9.17) is 5.73 Å². The fourth-order valence-electron chi connectivity index (χ4n) is 0.884. The zero-order valence-electron chi connectivity index (χ0n) is 7.73. The number of nitrogens with two attached hydrogens (primary N) is 1. The number of ether oxygens (including phenoxy) is 1. The van der Waals surface area contributed by atoms with E-state index in [1.54, 1.807) is 0 Å². The molecule has 3 nitrogen and oxygen atoms in total. The molecule has 0 aromatic carbocycles. The molecule has 0 fully saturated rings. The fourth-order valence-corrected chi connectivity index (χ4v) is 1.62. The Bertz CT molecular complexity index is 311. The molecule has 1 aromatic heterocycles. The number of hydrogen-bond acceptors (Lipinski definition) is 4. The molecule has 0 bridgehead atoms. The smallest absolute Gasteiger partial charge is 0.327 e. The van der Waals surface area contributed by atoms with E-state index in [1.807, 2.05) is 17.5 Å². The standard InChI is InChI=1S/C9H11NO2S.ClH/c1-6(7-4-3-5-13-7)8(10)9(11)12-2;/h3-5,8H,1,10H2,2H3;1H. The largest absolute Gasteiger partial charge is 0.468 e. The molecule has 0 amide bonds. The molecular formula is C9H12ClNO2S. The number of thiophene rings is 1. The van der Waals surface area contributed by atoms with Gasteiger partial charge in [0.2, 0.25) is 0 Å². The van der Waals surface area contributed by atoms with E-state index in [-0.39, 0.29) is 12.4 Å². The average Bonchev–Trinajstić information content (AvgIpc) is 2.67. The summed E-state index contributed by atoms with van der Waals surface area (Å²) in [5, 5.41) is 1.91. The lowest BCUT2D eigenvalue weighted by Crippen LogP contribution is -2.32. The zero-order valence-corrected chi connectivity index (χ0v) is 9.36. The third-order valence-corrected chi connectivity index (χ3v) is 2.61. The fraction of sp³-hybridized carbons (Fsp3) is 0.222. The molecular weight excluding hydrogens is 222 g/mol. The minimum Gasteiger partial charge on any atom is -0.468 e. The van der Waals surface area contributed by atoms with Crippen LogP contribution in [0.1, 0.15) is 4.88 Å². The predicted molar refractivity (Wildman–Crippen MR) is 60.6 cm³/mol. The molecule has 0 aliphatic rings. The summed E-state index contributed by atoms with van der Waals surface area (Å²) < 4.78 is 4.51. The van der Waals surface area contributed by atoms with Crippen molar-refractivity contribution < 1.29 is 9.53 Å². The highest BCUT2D eigenvalue weighted by molar-refractivity contribution is 7.11. The van der Waals surface area contributed by atoms with Crippen LogP contribution >= 0.6 is 23.7 Å². The van der Waals surface area contributed by atoms with Gasteiger partial charge in [0.15, 0.2) is 0 Å². The lowest BCUT2D eigenvalue weighted by atomic mass is 10.1. The molecule has 1 atom stereocenters. The molecule has 1 unspecified atom stereocenters. The van der Waals surface area contributed by atoms with E-state index in [0.717, 1.165) is 4.88 Å². The van der Waals surface area contributed by atoms with E-state index in [1.165, 1.54) is 18.4 Å². The quantitative estimate of drug-likeness (QED) is 0.809. The molecule has 0 saturated heterocycles. The van der Waals surface area contributed by atoms with Crippen LogP contribution in [0.25, 0.3) is 5.57 Å². The van der Waals surface area contributed by atoms with Gasteiger partial charge >= 0.3 is 5.97 Å². The lowest BCUT2D eigenvalue weighted by Gasteiger charge is -2.10. The number of hydrogen-bond donors (Lipinski definition) is 1. The molecule has 2 N–H and O–H groups in total. The minimum absolute atomic E-state index is 0. The molecule has 0 aliphatic heterocycles. The summed E-state index contributed by atoms with van der Waals surface area (Å²) in [6, 6.07) is 2.99. The predicted octanol–water partition coefficient (Wildman–Crippen LogP) is 1.68. The van der Waals surface area contributed by atoms with Crippen LogP contribution in [0.5, 0.6) is 0 Å². The first-order valence-corrected chi connectivity index (χ1v) is 4.61. The van der Waals surface area contributed by atoms with Gasteiger partial charge in [-0.05, 0) is 17.0 Å². The van der Waals surface area contributed by atoms with Crippen molar-refractivity contribution in [3.63, 3.8) is 0 Å². The normalized spacial score (nSPS) is 11.3. The van der Waals surface area contributed by atoms with Gasteiger partial charge in [-0.1, -0.05) is 12.6 Å². The average molecular weight is 234 g/mol. The van der Waals surface area contributed by atoms with Gasteiger partial charge < -0.3 is 10.5 Å². The maximum Gasteiger partial charge on any atom is 0.327 e. The molecule has 0 saturated carbocycles. The summed E-state index contributed by atoms with van der Waals surface area (Å²) in [6.07, 6.45) is 0. The van der Waals surface area contributed by atoms with Crippen molar-refractivity contribution in [3.8, 4) is 0 Å². The van der Waals surface area contributed by atoms with E-state index < -0.39 is 12.0 Å². The first kappa shape index (κ1) is 13.2. The Kier molecular flexibility index (Phi) is 5.45. The maximum absolute atomic E-state index is 11.0. The monoisotopic (exact) mass is 233 g/mol. The van der Waals surface area contributed by atoms with Crippen LogP contribution in [-0.4, -0.2) is 19.1 Å². The molecule has 0 radical (unpaired) electrons. The molecule has 14 heavy (non-hydrogen) atoms. The summed E-state index contributed by atoms with van der Waals surface area (Å²) in [4.78, 5) is 12.0. The van der Waals surface area contributed by atoms with Gasteiger partial charge in [-0.2, -0.15) is 0 Å². The topological polar surface area (TPSA) is 52.3 Å². The van der Waals surface area contributed by atoms with Crippen LogP contribution in [0.4, 0.5) is 0 Å². The molecule has 1 rings (SSSR count). The van der Waals surface area contributed by atoms with Gasteiger partial charge in [0, 0.05) is 4.88 Å². The zero-order chi connectivity index (χ0) is 9.84. The molecule has 1 heterocycles. The maximum atomic E-state index is 11.0. The van der Waals surface area contributed by atoms with Gasteiger partial charge in [-0.25, -0.2) is 0 Å². The Morgan fingerprint density at radius 2 is 2.36 bits per heavy atom. The van der Waals surface area contributed by atoms with Crippen molar-refractivity contribution in [1.29, 1.82) is 0 Å². The van der Waals surface area contributed by atoms with Crippen LogP contribution in [0.2, 0.25) is 0 Å². The third-order valence-electron chi connectivity index (χ3n) is 1.67. The van der Waals surface area contributed by atoms with Crippen molar-refractivity contribution in [1.82, 2.24) is 0 Å². The second kappa shape index (κ2) is 5.80. The first-order valence-electron chi connectivity index (χ1n) is 3.73. The molecule has 0 aliphatic carbocycles. The summed E-state index contributed by atoms with van der Waals surface area (Å²) >= 11 is 1.50. The van der Waals surface area contributed by atoms with E-state index >= 15 is 0 Å². The Morgan fingerprint density at radius 3 is 2.79 bits per heavy atom. The van der Waals surface area contributed by atoms with Crippen molar-refractivity contribution in [2.24, 2.45) is 5.73 Å². The Morgan fingerprint density at radius 1 is 1.71 bits per heavy atom. The van der Waals surface area contributed by atoms with Crippen LogP contribution in [0, 0.1) is 0 Å². The SMILES string of the molecule is C=C(c1cccs1)C(N)C(=O)OC.Cl. The molecule has 0 spiro atoms.